The SMILES string of the molecule is CC(C)(c1ccc(OC#N)cc1)c1ccc(OC#N)cc1.Cc1cc(Cc2cc(C)c(OC#N)c(C)c2)cc(C)c1OC#N. The van der Waals surface area contributed by atoms with Crippen molar-refractivity contribution in [1.29, 1.82) is 21.0 Å². The molecule has 44 heavy (non-hydrogen) atoms. The number of rotatable bonds is 8. The Bertz CT molecular complexity index is 1610. The second kappa shape index (κ2) is 14.8. The number of ether oxygens (including phenoxy) is 4. The molecule has 8 heteroatoms. The molecule has 0 aliphatic carbocycles. The topological polar surface area (TPSA) is 132 Å². The highest BCUT2D eigenvalue weighted by molar-refractivity contribution is 5.48. The molecule has 0 atom stereocenters. The molecular formula is C36H32N4O4. The Kier molecular flexibility index (Phi) is 10.9. The molecule has 0 bridgehead atoms. The summed E-state index contributed by atoms with van der Waals surface area (Å²) in [6, 6.07) is 23.0. The molecule has 0 aromatic heterocycles. The van der Waals surface area contributed by atoms with Crippen molar-refractivity contribution in [2.24, 2.45) is 0 Å². The van der Waals surface area contributed by atoms with Crippen molar-refractivity contribution in [2.45, 2.75) is 53.4 Å². The molecule has 0 saturated heterocycles. The third-order valence-electron chi connectivity index (χ3n) is 7.22. The van der Waals surface area contributed by atoms with E-state index in [-0.39, 0.29) is 5.41 Å². The summed E-state index contributed by atoms with van der Waals surface area (Å²) in [5.41, 5.74) is 8.06. The number of nitriles is 4. The Morgan fingerprint density at radius 2 is 0.795 bits per heavy atom. The predicted molar refractivity (Wildman–Crippen MR) is 165 cm³/mol. The van der Waals surface area contributed by atoms with E-state index in [0.29, 0.717) is 23.0 Å². The molecule has 0 amide bonds. The summed E-state index contributed by atoms with van der Waals surface area (Å²) in [6.45, 7) is 11.9. The highest BCUT2D eigenvalue weighted by atomic mass is 16.5. The second-order valence-corrected chi connectivity index (χ2v) is 10.7. The quantitative estimate of drug-likeness (QED) is 0.191. The molecule has 4 aromatic rings. The molecule has 4 rings (SSSR count). The normalized spacial score (nSPS) is 10.0. The van der Waals surface area contributed by atoms with Crippen molar-refractivity contribution in [1.82, 2.24) is 0 Å². The third-order valence-corrected chi connectivity index (χ3v) is 7.22. The fourth-order valence-corrected chi connectivity index (χ4v) is 5.08. The lowest BCUT2D eigenvalue weighted by molar-refractivity contribution is 0.498. The number of aryl methyl sites for hydroxylation is 4. The zero-order valence-corrected chi connectivity index (χ0v) is 25.6. The lowest BCUT2D eigenvalue weighted by Gasteiger charge is -2.26. The van der Waals surface area contributed by atoms with Gasteiger partial charge in [-0.05, 0) is 103 Å². The first kappa shape index (κ1) is 32.6. The number of benzene rings is 4. The van der Waals surface area contributed by atoms with E-state index < -0.39 is 0 Å². The summed E-state index contributed by atoms with van der Waals surface area (Å²) in [7, 11) is 0. The molecule has 0 fully saturated rings. The Labute approximate surface area is 258 Å². The van der Waals surface area contributed by atoms with E-state index in [9.17, 15) is 0 Å². The van der Waals surface area contributed by atoms with Gasteiger partial charge in [0.25, 0.3) is 25.0 Å². The fourth-order valence-electron chi connectivity index (χ4n) is 5.08. The van der Waals surface area contributed by atoms with Crippen molar-refractivity contribution in [3.05, 3.63) is 117 Å². The van der Waals surface area contributed by atoms with Gasteiger partial charge < -0.3 is 18.9 Å². The van der Waals surface area contributed by atoms with Gasteiger partial charge in [0.15, 0.2) is 0 Å². The Hall–Kier alpha value is -5.96. The molecule has 0 radical (unpaired) electrons. The molecule has 0 N–H and O–H groups in total. The standard InChI is InChI=1S/C19H18N2O2.C17H14N2O2/c1-12-5-16(6-13(2)18(12)22-10-20)9-17-7-14(3)19(23-11-21)15(4)8-17;1-17(2,13-3-7-15(8-4-13)20-11-18)14-5-9-16(10-6-14)21-12-19/h5-8H,9H2,1-4H3;3-10H,1-2H3. The van der Waals surface area contributed by atoms with Gasteiger partial charge in [0.1, 0.15) is 23.0 Å². The van der Waals surface area contributed by atoms with Crippen LogP contribution in [0.15, 0.2) is 72.8 Å². The van der Waals surface area contributed by atoms with Gasteiger partial charge in [-0.2, -0.15) is 0 Å². The van der Waals surface area contributed by atoms with Crippen LogP contribution in [0.2, 0.25) is 0 Å². The van der Waals surface area contributed by atoms with Gasteiger partial charge in [0.05, 0.1) is 0 Å². The van der Waals surface area contributed by atoms with Gasteiger partial charge in [-0.25, -0.2) is 0 Å². The van der Waals surface area contributed by atoms with Crippen LogP contribution in [0.5, 0.6) is 23.0 Å². The summed E-state index contributed by atoms with van der Waals surface area (Å²) >= 11 is 0. The van der Waals surface area contributed by atoms with Gasteiger partial charge in [-0.15, -0.1) is 21.0 Å². The Morgan fingerprint density at radius 1 is 0.500 bits per heavy atom. The van der Waals surface area contributed by atoms with Gasteiger partial charge in [-0.3, -0.25) is 0 Å². The summed E-state index contributed by atoms with van der Waals surface area (Å²) in [6.07, 6.45) is 7.53. The van der Waals surface area contributed by atoms with Gasteiger partial charge in [-0.1, -0.05) is 62.4 Å². The largest absolute Gasteiger partial charge is 0.388 e. The van der Waals surface area contributed by atoms with Crippen molar-refractivity contribution >= 4 is 0 Å². The van der Waals surface area contributed by atoms with E-state index in [0.717, 1.165) is 50.9 Å². The van der Waals surface area contributed by atoms with Crippen molar-refractivity contribution < 1.29 is 18.9 Å². The van der Waals surface area contributed by atoms with Gasteiger partial charge >= 0.3 is 0 Å². The van der Waals surface area contributed by atoms with Crippen LogP contribution in [-0.2, 0) is 11.8 Å². The van der Waals surface area contributed by atoms with Crippen molar-refractivity contribution in [2.75, 3.05) is 0 Å². The average molecular weight is 585 g/mol. The van der Waals surface area contributed by atoms with E-state index in [4.69, 9.17) is 40.0 Å². The lowest BCUT2D eigenvalue weighted by atomic mass is 9.78. The molecule has 0 saturated carbocycles. The van der Waals surface area contributed by atoms with Crippen molar-refractivity contribution in [3.8, 4) is 48.0 Å². The molecule has 8 nitrogen and oxygen atoms in total. The van der Waals surface area contributed by atoms with Crippen LogP contribution >= 0.6 is 0 Å². The maximum atomic E-state index is 8.70. The van der Waals surface area contributed by atoms with E-state index in [1.54, 1.807) is 49.3 Å². The minimum absolute atomic E-state index is 0.212. The van der Waals surface area contributed by atoms with Crippen LogP contribution in [0.1, 0.15) is 58.4 Å². The second-order valence-electron chi connectivity index (χ2n) is 10.7. The van der Waals surface area contributed by atoms with Crippen molar-refractivity contribution in [3.63, 3.8) is 0 Å². The average Bonchev–Trinajstić information content (AvgIpc) is 2.98. The molecule has 4 aromatic carbocycles. The monoisotopic (exact) mass is 584 g/mol. The summed E-state index contributed by atoms with van der Waals surface area (Å²) in [5.74, 6) is 2.30. The molecule has 0 aliphatic heterocycles. The molecule has 220 valence electrons. The van der Waals surface area contributed by atoms with Crippen LogP contribution in [0.4, 0.5) is 0 Å². The van der Waals surface area contributed by atoms with E-state index >= 15 is 0 Å². The summed E-state index contributed by atoms with van der Waals surface area (Å²) in [5, 5.41) is 34.4. The van der Waals surface area contributed by atoms with Gasteiger partial charge in [0.2, 0.25) is 0 Å². The summed E-state index contributed by atoms with van der Waals surface area (Å²) < 4.78 is 19.6. The lowest BCUT2D eigenvalue weighted by Crippen LogP contribution is -2.18. The highest BCUT2D eigenvalue weighted by Gasteiger charge is 2.23. The smallest absolute Gasteiger partial charge is 0.292 e. The molecule has 0 unspecified atom stereocenters. The maximum absolute atomic E-state index is 8.70. The van der Waals surface area contributed by atoms with E-state index in [1.807, 2.05) is 76.2 Å². The molecular weight excluding hydrogens is 552 g/mol. The van der Waals surface area contributed by atoms with Crippen LogP contribution in [0, 0.1) is 73.8 Å². The zero-order chi connectivity index (χ0) is 32.3. The maximum Gasteiger partial charge on any atom is 0.292 e. The van der Waals surface area contributed by atoms with E-state index in [2.05, 4.69) is 13.8 Å². The van der Waals surface area contributed by atoms with Gasteiger partial charge in [0, 0.05) is 5.41 Å². The first-order chi connectivity index (χ1) is 21.0. The number of nitrogens with zero attached hydrogens (tertiary/aromatic N) is 4. The van der Waals surface area contributed by atoms with Crippen LogP contribution in [0.25, 0.3) is 0 Å². The van der Waals surface area contributed by atoms with E-state index in [1.165, 1.54) is 0 Å². The molecule has 0 aliphatic rings. The van der Waals surface area contributed by atoms with Crippen LogP contribution in [0.3, 0.4) is 0 Å². The Balaban J connectivity index is 0.000000241. The molecule has 0 heterocycles. The summed E-state index contributed by atoms with van der Waals surface area (Å²) in [4.78, 5) is 0. The minimum atomic E-state index is -0.212. The minimum Gasteiger partial charge on any atom is -0.388 e. The molecule has 0 spiro atoms. The third kappa shape index (κ3) is 8.07. The first-order valence-electron chi connectivity index (χ1n) is 13.7. The highest BCUT2D eigenvalue weighted by Crippen LogP contribution is 2.33. The fraction of sp³-hybridized carbons (Fsp3) is 0.222. The number of hydrogen-bond donors (Lipinski definition) is 0. The predicted octanol–water partition coefficient (Wildman–Crippen LogP) is 7.96. The van der Waals surface area contributed by atoms with Crippen LogP contribution < -0.4 is 18.9 Å². The van der Waals surface area contributed by atoms with Crippen LogP contribution in [-0.4, -0.2) is 0 Å². The first-order valence-corrected chi connectivity index (χ1v) is 13.7. The number of hydrogen-bond acceptors (Lipinski definition) is 8. The zero-order valence-electron chi connectivity index (χ0n) is 25.6. The Morgan fingerprint density at radius 3 is 1.07 bits per heavy atom.